The molecular formula is C38H42F8O10. The van der Waals surface area contributed by atoms with Gasteiger partial charge in [0.05, 0.1) is 37.6 Å². The number of unbranched alkanes of at least 4 members (excludes halogenated alkanes) is 6. The Morgan fingerprint density at radius 3 is 1.21 bits per heavy atom. The molecule has 0 fully saturated rings. The van der Waals surface area contributed by atoms with Gasteiger partial charge in [-0.15, -0.1) is 0 Å². The Kier molecular flexibility index (Phi) is 18.3. The van der Waals surface area contributed by atoms with Crippen LogP contribution in [0.4, 0.5) is 35.1 Å². The molecule has 18 heteroatoms. The van der Waals surface area contributed by atoms with Crippen LogP contribution in [0.15, 0.2) is 73.8 Å². The van der Waals surface area contributed by atoms with Gasteiger partial charge in [-0.25, -0.2) is 19.2 Å². The molecule has 0 atom stereocenters. The first kappa shape index (κ1) is 47.0. The van der Waals surface area contributed by atoms with Crippen LogP contribution in [-0.4, -0.2) is 80.3 Å². The fraction of sp³-hybridized carbons (Fsp3) is 0.474. The Morgan fingerprint density at radius 1 is 0.554 bits per heavy atom. The van der Waals surface area contributed by atoms with Crippen LogP contribution in [0.2, 0.25) is 0 Å². The first-order valence-electron chi connectivity index (χ1n) is 17.3. The number of halogens is 8. The Hall–Kier alpha value is -5.16. The molecule has 0 aliphatic carbocycles. The molecule has 2 aromatic carbocycles. The number of rotatable bonds is 26. The summed E-state index contributed by atoms with van der Waals surface area (Å²) in [4.78, 5) is 47.6. The zero-order chi connectivity index (χ0) is 42.0. The molecule has 2 aromatic rings. The number of benzene rings is 2. The van der Waals surface area contributed by atoms with Crippen LogP contribution >= 0.6 is 0 Å². The number of carbonyl (C=O) groups excluding carboxylic acids is 4. The lowest BCUT2D eigenvalue weighted by molar-refractivity contribution is -0.392. The maximum absolute atomic E-state index is 15.2. The van der Waals surface area contributed by atoms with E-state index in [4.69, 9.17) is 18.9 Å². The van der Waals surface area contributed by atoms with E-state index in [2.05, 4.69) is 22.6 Å². The normalized spacial score (nSPS) is 12.0. The fourth-order valence-corrected chi connectivity index (χ4v) is 4.47. The quantitative estimate of drug-likeness (QED) is 0.0227. The second-order valence-corrected chi connectivity index (χ2v) is 12.1. The Labute approximate surface area is 317 Å². The number of hydrogen-bond donors (Lipinski definition) is 0. The highest BCUT2D eigenvalue weighted by Gasteiger charge is 2.82. The Morgan fingerprint density at radius 2 is 0.893 bits per heavy atom. The number of hydrogen-bond acceptors (Lipinski definition) is 10. The molecule has 0 bridgehead atoms. The van der Waals surface area contributed by atoms with Gasteiger partial charge in [0.2, 0.25) is 0 Å². The average Bonchev–Trinajstić information content (AvgIpc) is 3.16. The van der Waals surface area contributed by atoms with E-state index in [0.717, 1.165) is 36.4 Å². The van der Waals surface area contributed by atoms with Crippen molar-refractivity contribution in [2.45, 2.75) is 88.3 Å². The molecule has 2 rings (SSSR count). The summed E-state index contributed by atoms with van der Waals surface area (Å²) in [7, 11) is 0. The standard InChI is InChI=1S/C38H42F8O10/c1-4-30(47)53-24-12-8-6-10-22-51-28-18-14-26(15-19-28)32(49)55-34(36(41,42)38(45,46)37(43,44)35(3,39)40)56-33(50)27-16-20-29(21-17-27)52-23-11-7-9-13-25-54-31(48)5-2/h4-5,14-21,34H,1-2,6-13,22-25H2,3H3. The average molecular weight is 811 g/mol. The summed E-state index contributed by atoms with van der Waals surface area (Å²) in [6.45, 7) is 6.65. The summed E-state index contributed by atoms with van der Waals surface area (Å²) in [6, 6.07) is 8.42. The van der Waals surface area contributed by atoms with E-state index >= 15 is 8.78 Å². The van der Waals surface area contributed by atoms with Crippen molar-refractivity contribution < 1.29 is 82.7 Å². The monoisotopic (exact) mass is 810 g/mol. The zero-order valence-corrected chi connectivity index (χ0v) is 30.4. The van der Waals surface area contributed by atoms with Crippen molar-refractivity contribution in [1.29, 1.82) is 0 Å². The Bertz CT molecular complexity index is 1500. The minimum Gasteiger partial charge on any atom is -0.494 e. The van der Waals surface area contributed by atoms with Crippen molar-refractivity contribution in [3.8, 4) is 11.5 Å². The number of ether oxygens (including phenoxy) is 6. The van der Waals surface area contributed by atoms with Gasteiger partial charge >= 0.3 is 53.9 Å². The molecule has 0 aliphatic rings. The lowest BCUT2D eigenvalue weighted by atomic mass is 9.99. The highest BCUT2D eigenvalue weighted by atomic mass is 19.4. The number of alkyl halides is 8. The van der Waals surface area contributed by atoms with E-state index in [1.54, 1.807) is 0 Å². The van der Waals surface area contributed by atoms with Crippen LogP contribution in [0.1, 0.15) is 79.0 Å². The maximum atomic E-state index is 15.2. The summed E-state index contributed by atoms with van der Waals surface area (Å²) in [5.41, 5.74) is -1.23. The SMILES string of the molecule is C=CC(=O)OCCCCCCOc1ccc(C(=O)OC(OC(=O)c2ccc(OCCCCCCOC(=O)C=C)cc2)C(F)(F)C(F)(F)C(F)(F)C(C)(F)F)cc1. The van der Waals surface area contributed by atoms with E-state index < -0.39 is 71.9 Å². The zero-order valence-electron chi connectivity index (χ0n) is 30.4. The first-order valence-corrected chi connectivity index (χ1v) is 17.3. The van der Waals surface area contributed by atoms with Gasteiger partial charge in [0, 0.05) is 19.1 Å². The fourth-order valence-electron chi connectivity index (χ4n) is 4.47. The van der Waals surface area contributed by atoms with Crippen LogP contribution in [0.25, 0.3) is 0 Å². The molecule has 0 aromatic heterocycles. The predicted octanol–water partition coefficient (Wildman–Crippen LogP) is 8.92. The third kappa shape index (κ3) is 13.8. The highest BCUT2D eigenvalue weighted by molar-refractivity contribution is 5.91. The van der Waals surface area contributed by atoms with Gasteiger partial charge in [0.25, 0.3) is 0 Å². The van der Waals surface area contributed by atoms with Crippen molar-refractivity contribution in [3.05, 3.63) is 85.0 Å². The van der Waals surface area contributed by atoms with Crippen LogP contribution in [0.3, 0.4) is 0 Å². The van der Waals surface area contributed by atoms with Gasteiger partial charge in [0.1, 0.15) is 11.5 Å². The molecule has 0 unspecified atom stereocenters. The Balaban J connectivity index is 2.09. The maximum Gasteiger partial charge on any atom is 0.388 e. The van der Waals surface area contributed by atoms with E-state index in [-0.39, 0.29) is 37.9 Å². The van der Waals surface area contributed by atoms with Crippen LogP contribution in [-0.2, 0) is 28.5 Å². The van der Waals surface area contributed by atoms with Gasteiger partial charge in [0.15, 0.2) is 0 Å². The molecular weight excluding hydrogens is 768 g/mol. The number of esters is 4. The molecule has 0 aliphatic heterocycles. The largest absolute Gasteiger partial charge is 0.494 e. The molecule has 56 heavy (non-hydrogen) atoms. The first-order chi connectivity index (χ1) is 26.3. The molecule has 0 heterocycles. The molecule has 0 saturated carbocycles. The van der Waals surface area contributed by atoms with Gasteiger partial charge in [-0.05, 0) is 99.9 Å². The van der Waals surface area contributed by atoms with E-state index in [0.29, 0.717) is 51.4 Å². The molecule has 10 nitrogen and oxygen atoms in total. The third-order valence-corrected chi connectivity index (χ3v) is 7.71. The minimum atomic E-state index is -6.93. The van der Waals surface area contributed by atoms with Gasteiger partial charge in [-0.3, -0.25) is 0 Å². The second kappa shape index (κ2) is 21.8. The van der Waals surface area contributed by atoms with Crippen LogP contribution in [0.5, 0.6) is 11.5 Å². The summed E-state index contributed by atoms with van der Waals surface area (Å²) < 4.78 is 144. The second-order valence-electron chi connectivity index (χ2n) is 12.1. The van der Waals surface area contributed by atoms with Crippen molar-refractivity contribution in [2.75, 3.05) is 26.4 Å². The van der Waals surface area contributed by atoms with E-state index in [1.165, 1.54) is 24.3 Å². The van der Waals surface area contributed by atoms with Crippen molar-refractivity contribution >= 4 is 23.9 Å². The van der Waals surface area contributed by atoms with Crippen molar-refractivity contribution in [1.82, 2.24) is 0 Å². The molecule has 0 radical (unpaired) electrons. The number of carbonyl (C=O) groups is 4. The summed E-state index contributed by atoms with van der Waals surface area (Å²) in [5.74, 6) is -30.2. The minimum absolute atomic E-state index is 0.169. The molecule has 310 valence electrons. The van der Waals surface area contributed by atoms with Gasteiger partial charge < -0.3 is 28.4 Å². The third-order valence-electron chi connectivity index (χ3n) is 7.71. The van der Waals surface area contributed by atoms with Gasteiger partial charge in [-0.2, -0.15) is 35.1 Å². The molecule has 0 spiro atoms. The molecule has 0 N–H and O–H groups in total. The predicted molar refractivity (Wildman–Crippen MR) is 183 cm³/mol. The van der Waals surface area contributed by atoms with Crippen LogP contribution < -0.4 is 9.47 Å². The summed E-state index contributed by atoms with van der Waals surface area (Å²) >= 11 is 0. The molecule has 0 saturated heterocycles. The van der Waals surface area contributed by atoms with Crippen molar-refractivity contribution in [2.24, 2.45) is 0 Å². The van der Waals surface area contributed by atoms with E-state index in [1.807, 2.05) is 0 Å². The lowest BCUT2D eigenvalue weighted by Crippen LogP contribution is -2.65. The summed E-state index contributed by atoms with van der Waals surface area (Å²) in [5, 5.41) is 0. The lowest BCUT2D eigenvalue weighted by Gasteiger charge is -2.37. The van der Waals surface area contributed by atoms with Crippen LogP contribution in [0, 0.1) is 0 Å². The van der Waals surface area contributed by atoms with Crippen molar-refractivity contribution in [3.63, 3.8) is 0 Å². The summed E-state index contributed by atoms with van der Waals surface area (Å²) in [6.07, 6.45) is 3.06. The topological polar surface area (TPSA) is 124 Å². The van der Waals surface area contributed by atoms with E-state index in [9.17, 15) is 45.5 Å². The highest BCUT2D eigenvalue weighted by Crippen LogP contribution is 2.54. The van der Waals surface area contributed by atoms with Gasteiger partial charge in [-0.1, -0.05) is 13.2 Å². The smallest absolute Gasteiger partial charge is 0.388 e. The molecule has 0 amide bonds.